The molecule has 0 fully saturated rings. The predicted molar refractivity (Wildman–Crippen MR) is 591 cm³/mol. The minimum absolute atomic E-state index is 0.0601. The number of unbranched alkanes of at least 4 members (excludes halogenated alkanes) is 10. The first kappa shape index (κ1) is 86.6. The largest absolute Gasteiger partial charge is 0.455 e. The topological polar surface area (TPSA) is 26.3 Å². The number of hydrogen-bond donors (Lipinski definition) is 0. The van der Waals surface area contributed by atoms with Crippen molar-refractivity contribution < 1.29 is 8.83 Å². The molecule has 25 rings (SSSR count). The number of para-hydroxylation sites is 2. The van der Waals surface area contributed by atoms with Crippen LogP contribution < -0.4 is 0 Å². The SMILES string of the molecule is CCCCCCCCC1(CCCCCCCC)c2cc3c(cc2-c2cc4c(cc21)-c1c(cc(-c2cc(-c5cc(C)c(-c6ccc(-c7ccc8c(c7)C(C)(C)c7ccccc7-8)cc6)cc5C)cc5c2oc2ccccc25)c2ccccc12)C4(C)C)C(C)(C)c1cc(-c2cc(-c4cc(C)c(-c5ccc(-c6ccc7c(c6)C(C)(C)c6ccccc6-7)cc5)cc4C)cc4c2oc2ccccc24)c2ccccc2c1-3. The van der Waals surface area contributed by atoms with Crippen LogP contribution in [0, 0.1) is 27.7 Å². The lowest BCUT2D eigenvalue weighted by molar-refractivity contribution is 0.398. The van der Waals surface area contributed by atoms with Gasteiger partial charge in [0.15, 0.2) is 0 Å². The fourth-order valence-corrected chi connectivity index (χ4v) is 26.9. The Kier molecular flexibility index (Phi) is 20.3. The molecule has 18 aromatic carbocycles. The van der Waals surface area contributed by atoms with Gasteiger partial charge in [-0.3, -0.25) is 0 Å². The van der Waals surface area contributed by atoms with Crippen molar-refractivity contribution in [1.29, 1.82) is 0 Å². The highest BCUT2D eigenvalue weighted by molar-refractivity contribution is 6.19. The van der Waals surface area contributed by atoms with Crippen LogP contribution in [0.3, 0.4) is 0 Å². The lowest BCUT2D eigenvalue weighted by Gasteiger charge is -2.34. The predicted octanol–water partition coefficient (Wildman–Crippen LogP) is 39.4. The molecule has 20 aromatic rings. The molecule has 0 aliphatic heterocycles. The van der Waals surface area contributed by atoms with E-state index in [1.807, 2.05) is 0 Å². The Hall–Kier alpha value is -13.9. The molecule has 2 nitrogen and oxygen atoms in total. The molecule has 0 saturated carbocycles. The molecular weight excluding hydrogens is 1680 g/mol. The van der Waals surface area contributed by atoms with Crippen molar-refractivity contribution >= 4 is 65.4 Å². The van der Waals surface area contributed by atoms with Crippen LogP contribution in [-0.4, -0.2) is 0 Å². The third-order valence-corrected chi connectivity index (χ3v) is 34.4. The van der Waals surface area contributed by atoms with Crippen LogP contribution in [0.2, 0.25) is 0 Å². The van der Waals surface area contributed by atoms with E-state index in [1.54, 1.807) is 11.1 Å². The molecule has 139 heavy (non-hydrogen) atoms. The summed E-state index contributed by atoms with van der Waals surface area (Å²) in [4.78, 5) is 0. The summed E-state index contributed by atoms with van der Waals surface area (Å²) in [6.45, 7) is 33.6. The lowest BCUT2D eigenvalue weighted by atomic mass is 9.69. The second-order valence-electron chi connectivity index (χ2n) is 44.0. The maximum atomic E-state index is 7.26. The van der Waals surface area contributed by atoms with E-state index in [-0.39, 0.29) is 27.1 Å². The summed E-state index contributed by atoms with van der Waals surface area (Å²) in [7, 11) is 0. The van der Waals surface area contributed by atoms with Gasteiger partial charge in [0.25, 0.3) is 0 Å². The zero-order valence-electron chi connectivity index (χ0n) is 83.2. The van der Waals surface area contributed by atoms with Crippen LogP contribution in [0.4, 0.5) is 0 Å². The summed E-state index contributed by atoms with van der Waals surface area (Å²) < 4.78 is 14.5. The van der Waals surface area contributed by atoms with Crippen molar-refractivity contribution in [3.63, 3.8) is 0 Å². The van der Waals surface area contributed by atoms with Gasteiger partial charge in [-0.2, -0.15) is 0 Å². The summed E-state index contributed by atoms with van der Waals surface area (Å²) >= 11 is 0. The van der Waals surface area contributed by atoms with Gasteiger partial charge in [-0.05, 0) is 358 Å². The number of fused-ring (bicyclic) bond motifs is 25. The molecule has 5 aliphatic rings. The summed E-state index contributed by atoms with van der Waals surface area (Å²) in [6, 6.07) is 123. The zero-order chi connectivity index (χ0) is 94.6. The molecular formula is C137H122O2. The molecule has 0 bridgehead atoms. The quantitative estimate of drug-likeness (QED) is 0.0632. The number of furan rings is 2. The molecule has 5 aliphatic carbocycles. The Bertz CT molecular complexity index is 8050. The van der Waals surface area contributed by atoms with E-state index in [1.165, 1.54) is 299 Å². The fourth-order valence-electron chi connectivity index (χ4n) is 26.9. The average Bonchev–Trinajstić information content (AvgIpc) is 1.50. The van der Waals surface area contributed by atoms with Gasteiger partial charge in [0.1, 0.15) is 22.3 Å². The molecule has 2 heterocycles. The van der Waals surface area contributed by atoms with Gasteiger partial charge in [-0.25, -0.2) is 0 Å². The van der Waals surface area contributed by atoms with Crippen molar-refractivity contribution in [3.8, 4) is 145 Å². The van der Waals surface area contributed by atoms with Gasteiger partial charge < -0.3 is 8.83 Å². The number of rotatable bonds is 22. The third-order valence-electron chi connectivity index (χ3n) is 34.4. The fraction of sp³-hybridized carbons (Fsp3) is 0.241. The summed E-state index contributed by atoms with van der Waals surface area (Å²) in [5, 5.41) is 9.63. The van der Waals surface area contributed by atoms with Crippen molar-refractivity contribution in [1.82, 2.24) is 0 Å². The Labute approximate surface area is 820 Å². The molecule has 0 spiro atoms. The monoisotopic (exact) mass is 1800 g/mol. The highest BCUT2D eigenvalue weighted by Crippen LogP contribution is 2.65. The van der Waals surface area contributed by atoms with E-state index in [0.717, 1.165) is 67.8 Å². The normalized spacial score (nSPS) is 14.8. The first-order valence-corrected chi connectivity index (χ1v) is 51.9. The number of benzene rings is 18. The molecule has 0 unspecified atom stereocenters. The molecule has 0 atom stereocenters. The molecule has 682 valence electrons. The van der Waals surface area contributed by atoms with E-state index in [2.05, 4.69) is 412 Å². The van der Waals surface area contributed by atoms with Crippen LogP contribution in [0.5, 0.6) is 0 Å². The molecule has 0 N–H and O–H groups in total. The Morgan fingerprint density at radius 3 is 0.892 bits per heavy atom. The van der Waals surface area contributed by atoms with Crippen molar-refractivity contribution in [2.45, 2.75) is 214 Å². The minimum atomic E-state index is -0.380. The van der Waals surface area contributed by atoms with E-state index in [4.69, 9.17) is 8.83 Å². The van der Waals surface area contributed by atoms with Crippen LogP contribution in [0.1, 0.15) is 237 Å². The van der Waals surface area contributed by atoms with Crippen molar-refractivity contribution in [2.75, 3.05) is 0 Å². The molecule has 0 amide bonds. The standard InChI is InChI=1S/C137H122O2/c1-15-17-19-21-23-37-63-137(64-38-24-22-20-18-16-2)123-79-115-121(135(11,12)125-75-107(93-39-25-27-45-101(93)129(115)125)113-71-91(69-111-99-43-31-35-49-127(99)138-131(111)113)105-67-81(3)103(65-83(105)5)87-55-51-85(52-56-87)89-59-61-97-95-41-29-33-47-117(95)133(7,8)119(97)73-89)77-109(123)110-78-122-116(80-124(110)137)130-102-46-28-26-40-94(102)108(76-126(130)136(122,13)14)114-72-92(70-112-100-44-32-36-50-128(100)139-132(112)114)106-68-82(4)104(66-84(106)6)88-57-53-86(54-58-88)90-60-62-98-96-42-30-34-48-118(96)134(9,10)120(98)74-90/h25-36,39-62,65-80H,15-24,37-38,63-64H2,1-14H3. The number of hydrogen-bond acceptors (Lipinski definition) is 2. The van der Waals surface area contributed by atoms with E-state index in [0.29, 0.717) is 0 Å². The molecule has 2 aromatic heterocycles. The van der Waals surface area contributed by atoms with Gasteiger partial charge in [-0.1, -0.05) is 377 Å². The van der Waals surface area contributed by atoms with Crippen molar-refractivity contribution in [3.05, 3.63) is 393 Å². The Morgan fingerprint density at radius 2 is 0.489 bits per heavy atom. The van der Waals surface area contributed by atoms with E-state index < -0.39 is 0 Å². The van der Waals surface area contributed by atoms with Crippen LogP contribution >= 0.6 is 0 Å². The zero-order valence-corrected chi connectivity index (χ0v) is 83.2. The summed E-state index contributed by atoms with van der Waals surface area (Å²) in [5.41, 5.74) is 55.1. The smallest absolute Gasteiger partial charge is 0.143 e. The highest BCUT2D eigenvalue weighted by Gasteiger charge is 2.50. The first-order chi connectivity index (χ1) is 67.5. The van der Waals surface area contributed by atoms with Crippen molar-refractivity contribution in [2.24, 2.45) is 0 Å². The van der Waals surface area contributed by atoms with Gasteiger partial charge in [-0.15, -0.1) is 0 Å². The van der Waals surface area contributed by atoms with Crippen LogP contribution in [0.15, 0.2) is 324 Å². The van der Waals surface area contributed by atoms with Gasteiger partial charge in [0.05, 0.1) is 0 Å². The van der Waals surface area contributed by atoms with E-state index in [9.17, 15) is 0 Å². The third kappa shape index (κ3) is 13.4. The maximum Gasteiger partial charge on any atom is 0.143 e. The highest BCUT2D eigenvalue weighted by atomic mass is 16.3. The number of aryl methyl sites for hydroxylation is 4. The Balaban J connectivity index is 0.601. The van der Waals surface area contributed by atoms with Crippen LogP contribution in [-0.2, 0) is 27.1 Å². The lowest BCUT2D eigenvalue weighted by Crippen LogP contribution is -2.26. The average molecular weight is 1800 g/mol. The summed E-state index contributed by atoms with van der Waals surface area (Å²) in [6.07, 6.45) is 17.3. The first-order valence-electron chi connectivity index (χ1n) is 51.9. The second-order valence-corrected chi connectivity index (χ2v) is 44.0. The molecule has 0 saturated heterocycles. The molecule has 2 heteroatoms. The maximum absolute atomic E-state index is 7.26. The van der Waals surface area contributed by atoms with Gasteiger partial charge in [0.2, 0.25) is 0 Å². The van der Waals surface area contributed by atoms with Gasteiger partial charge >= 0.3 is 0 Å². The van der Waals surface area contributed by atoms with Crippen LogP contribution in [0.25, 0.3) is 210 Å². The minimum Gasteiger partial charge on any atom is -0.455 e. The Morgan fingerprint density at radius 1 is 0.187 bits per heavy atom. The van der Waals surface area contributed by atoms with E-state index >= 15 is 0 Å². The summed E-state index contributed by atoms with van der Waals surface area (Å²) in [5.74, 6) is 0. The molecule has 0 radical (unpaired) electrons. The van der Waals surface area contributed by atoms with Gasteiger partial charge in [0, 0.05) is 59.7 Å². The second kappa shape index (κ2) is 32.6.